The van der Waals surface area contributed by atoms with Gasteiger partial charge in [0.25, 0.3) is 0 Å². The van der Waals surface area contributed by atoms with Crippen molar-refractivity contribution in [3.05, 3.63) is 76.6 Å². The maximum absolute atomic E-state index is 12.2. The van der Waals surface area contributed by atoms with Gasteiger partial charge in [-0.1, -0.05) is 63.2 Å². The average molecular weight is 876 g/mol. The number of aromatic nitrogens is 2. The lowest BCUT2D eigenvalue weighted by Crippen LogP contribution is -2.46. The van der Waals surface area contributed by atoms with E-state index >= 15 is 0 Å². The molecule has 61 heavy (non-hydrogen) atoms. The first kappa shape index (κ1) is 49.2. The zero-order valence-corrected chi connectivity index (χ0v) is 36.1. The number of esters is 2. The average Bonchev–Trinajstić information content (AvgIpc) is 3.72. The molecule has 0 aliphatic heterocycles. The van der Waals surface area contributed by atoms with Crippen LogP contribution in [0, 0.1) is 34.5 Å². The monoisotopic (exact) mass is 875 g/mol. The van der Waals surface area contributed by atoms with Crippen molar-refractivity contribution >= 4 is 52.9 Å². The van der Waals surface area contributed by atoms with Crippen LogP contribution in [0.25, 0.3) is 22.6 Å². The molecule has 2 amide bonds. The summed E-state index contributed by atoms with van der Waals surface area (Å²) in [4.78, 5) is 56.4. The number of ether oxygens (including phenoxy) is 3. The number of hydrogen-bond donors (Lipinski definition) is 5. The number of methoxy groups -OCH3 is 1. The van der Waals surface area contributed by atoms with Crippen LogP contribution in [0.15, 0.2) is 64.2 Å². The largest absolute Gasteiger partial charge is 0.497 e. The highest BCUT2D eigenvalue weighted by molar-refractivity contribution is 7.98. The van der Waals surface area contributed by atoms with Crippen LogP contribution in [-0.2, 0) is 34.4 Å². The van der Waals surface area contributed by atoms with Gasteiger partial charge < -0.3 is 46.5 Å². The van der Waals surface area contributed by atoms with Crippen LogP contribution in [0.1, 0.15) is 57.4 Å². The third kappa shape index (κ3) is 14.8. The fourth-order valence-corrected chi connectivity index (χ4v) is 6.40. The number of nitrogen functional groups attached to an aromatic ring is 1. The van der Waals surface area contributed by atoms with E-state index in [0.29, 0.717) is 44.3 Å². The van der Waals surface area contributed by atoms with Gasteiger partial charge in [0.1, 0.15) is 65.9 Å². The molecule has 0 radical (unpaired) electrons. The number of pyridine rings is 1. The van der Waals surface area contributed by atoms with Crippen molar-refractivity contribution in [2.24, 2.45) is 23.3 Å². The Bertz CT molecular complexity index is 2140. The SMILES string of the molecule is CC(C)C(NC(=O)CCN)C(=O)OCCOC(=O)C(NC(=O)CCN)C(C)C.COc1ccc(-c2c(C#N)c(N)nc(SCc3coc(-c4ccc(Cl)cc4)n3)c2C#N)cc1. The molecule has 2 aromatic heterocycles. The smallest absolute Gasteiger partial charge is 0.329 e. The molecule has 4 rings (SSSR count). The summed E-state index contributed by atoms with van der Waals surface area (Å²) in [6.45, 7) is 7.11. The third-order valence-electron chi connectivity index (χ3n) is 8.58. The Morgan fingerprint density at radius 2 is 1.31 bits per heavy atom. The van der Waals surface area contributed by atoms with Crippen LogP contribution >= 0.6 is 23.4 Å². The Kier molecular flexibility index (Phi) is 20.0. The van der Waals surface area contributed by atoms with E-state index in [0.717, 1.165) is 5.56 Å². The van der Waals surface area contributed by atoms with E-state index in [-0.39, 0.29) is 79.7 Å². The lowest BCUT2D eigenvalue weighted by molar-refractivity contribution is -0.157. The predicted octanol–water partition coefficient (Wildman–Crippen LogP) is 4.74. The van der Waals surface area contributed by atoms with Gasteiger partial charge in [0.15, 0.2) is 0 Å². The molecule has 2 heterocycles. The van der Waals surface area contributed by atoms with E-state index in [1.165, 1.54) is 11.8 Å². The number of carbonyl (C=O) groups excluding carboxylic acids is 4. The number of hydrogen-bond acceptors (Lipinski definition) is 16. The van der Waals surface area contributed by atoms with Gasteiger partial charge >= 0.3 is 11.9 Å². The van der Waals surface area contributed by atoms with Gasteiger partial charge in [0.05, 0.1) is 18.4 Å². The standard InChI is InChI=1S/C24H16ClN5O2S.C18H34N4O6/c1-31-18-8-4-14(5-9-18)21-19(10-26)22(28)30-24(20(21)11-27)33-13-17-12-32-23(29-17)15-2-6-16(25)7-3-15;1-11(2)15(21-13(23)5-7-19)17(25)27-9-10-28-18(26)16(12(3)4)22-14(24)6-8-20/h2-9,12H,13H2,1H3,(H2,28,30);11-12,15-16H,5-10,19-20H2,1-4H3,(H,21,23)(H,22,24). The van der Waals surface area contributed by atoms with E-state index in [9.17, 15) is 29.7 Å². The van der Waals surface area contributed by atoms with Gasteiger partial charge in [0, 0.05) is 47.8 Å². The van der Waals surface area contributed by atoms with Crippen molar-refractivity contribution in [1.29, 1.82) is 10.5 Å². The van der Waals surface area contributed by atoms with Gasteiger partial charge in [-0.05, 0) is 53.8 Å². The summed E-state index contributed by atoms with van der Waals surface area (Å²) >= 11 is 7.23. The number of nitrogens with two attached hydrogens (primary N) is 3. The van der Waals surface area contributed by atoms with Crippen LogP contribution in [-0.4, -0.2) is 79.2 Å². The number of oxazole rings is 1. The highest BCUT2D eigenvalue weighted by atomic mass is 35.5. The molecule has 2 atom stereocenters. The summed E-state index contributed by atoms with van der Waals surface area (Å²) in [5.41, 5.74) is 19.7. The number of carbonyl (C=O) groups is 4. The number of thioether (sulfide) groups is 1. The zero-order chi connectivity index (χ0) is 45.1. The lowest BCUT2D eigenvalue weighted by Gasteiger charge is -2.22. The van der Waals surface area contributed by atoms with E-state index in [2.05, 4.69) is 32.7 Å². The third-order valence-corrected chi connectivity index (χ3v) is 9.84. The highest BCUT2D eigenvalue weighted by Gasteiger charge is 2.28. The normalized spacial score (nSPS) is 11.6. The number of rotatable bonds is 19. The van der Waals surface area contributed by atoms with Crippen LogP contribution in [0.2, 0.25) is 5.02 Å². The summed E-state index contributed by atoms with van der Waals surface area (Å²) in [5.74, 6) is -0.682. The first-order valence-electron chi connectivity index (χ1n) is 19.1. The van der Waals surface area contributed by atoms with Crippen molar-refractivity contribution in [3.63, 3.8) is 0 Å². The fourth-order valence-electron chi connectivity index (χ4n) is 5.40. The van der Waals surface area contributed by atoms with E-state index < -0.39 is 24.0 Å². The van der Waals surface area contributed by atoms with Gasteiger partial charge in [-0.3, -0.25) is 9.59 Å². The molecule has 2 aromatic carbocycles. The topological polar surface area (TPSA) is 285 Å². The molecule has 0 fully saturated rings. The second kappa shape index (κ2) is 24.8. The molecule has 0 bridgehead atoms. The first-order valence-corrected chi connectivity index (χ1v) is 20.5. The quantitative estimate of drug-likeness (QED) is 0.0483. The van der Waals surface area contributed by atoms with Gasteiger partial charge in [0.2, 0.25) is 17.7 Å². The molecule has 0 saturated carbocycles. The number of anilines is 1. The highest BCUT2D eigenvalue weighted by Crippen LogP contribution is 2.37. The molecular weight excluding hydrogens is 826 g/mol. The molecule has 0 aliphatic rings. The summed E-state index contributed by atoms with van der Waals surface area (Å²) in [6, 6.07) is 16.9. The minimum atomic E-state index is -0.811. The summed E-state index contributed by atoms with van der Waals surface area (Å²) < 4.78 is 21.0. The van der Waals surface area contributed by atoms with Crippen LogP contribution < -0.4 is 32.6 Å². The van der Waals surface area contributed by atoms with Crippen molar-refractivity contribution in [2.75, 3.05) is 39.1 Å². The molecular formula is C42H50ClN9O8S. The molecule has 2 unspecified atom stereocenters. The molecule has 0 saturated heterocycles. The second-order valence-corrected chi connectivity index (χ2v) is 15.2. The van der Waals surface area contributed by atoms with E-state index in [1.807, 2.05) is 12.1 Å². The Labute approximate surface area is 363 Å². The fraction of sp³-hybridized carbons (Fsp3) is 0.381. The number of nitriles is 2. The number of nitrogens with zero attached hydrogens (tertiary/aromatic N) is 4. The number of benzene rings is 2. The summed E-state index contributed by atoms with van der Waals surface area (Å²) in [5, 5.41) is 25.8. The molecule has 0 aliphatic carbocycles. The van der Waals surface area contributed by atoms with E-state index in [1.54, 1.807) is 77.5 Å². The van der Waals surface area contributed by atoms with Crippen LogP contribution in [0.4, 0.5) is 5.82 Å². The van der Waals surface area contributed by atoms with Gasteiger partial charge in [-0.15, -0.1) is 0 Å². The maximum atomic E-state index is 12.2. The van der Waals surface area contributed by atoms with Gasteiger partial charge in [-0.25, -0.2) is 19.6 Å². The van der Waals surface area contributed by atoms with Crippen molar-refractivity contribution < 1.29 is 37.8 Å². The van der Waals surface area contributed by atoms with Crippen molar-refractivity contribution in [2.45, 2.75) is 63.4 Å². The van der Waals surface area contributed by atoms with Crippen LogP contribution in [0.3, 0.4) is 0 Å². The van der Waals surface area contributed by atoms with E-state index in [4.69, 9.17) is 47.4 Å². The van der Waals surface area contributed by atoms with Crippen molar-refractivity contribution in [1.82, 2.24) is 20.6 Å². The lowest BCUT2D eigenvalue weighted by atomic mass is 9.97. The number of nitrogens with one attached hydrogen (secondary N) is 2. The molecule has 17 nitrogen and oxygen atoms in total. The van der Waals surface area contributed by atoms with Crippen LogP contribution in [0.5, 0.6) is 5.75 Å². The Balaban J connectivity index is 0.000000331. The Hall–Kier alpha value is -6.18. The number of amides is 2. The Morgan fingerprint density at radius 3 is 1.77 bits per heavy atom. The minimum Gasteiger partial charge on any atom is -0.497 e. The predicted molar refractivity (Wildman–Crippen MR) is 229 cm³/mol. The number of halogens is 1. The molecule has 4 aromatic rings. The minimum absolute atomic E-state index is 0.0619. The molecule has 0 spiro atoms. The summed E-state index contributed by atoms with van der Waals surface area (Å²) in [7, 11) is 1.57. The maximum Gasteiger partial charge on any atom is 0.329 e. The Morgan fingerprint density at radius 1 is 0.803 bits per heavy atom. The second-order valence-electron chi connectivity index (χ2n) is 13.8. The molecule has 324 valence electrons. The van der Waals surface area contributed by atoms with Crippen molar-refractivity contribution in [3.8, 4) is 40.5 Å². The molecule has 8 N–H and O–H groups in total. The summed E-state index contributed by atoms with van der Waals surface area (Å²) in [6.07, 6.45) is 1.78. The molecule has 19 heteroatoms. The first-order chi connectivity index (χ1) is 29.2. The zero-order valence-electron chi connectivity index (χ0n) is 34.5. The van der Waals surface area contributed by atoms with Gasteiger partial charge in [-0.2, -0.15) is 10.5 Å².